The van der Waals surface area contributed by atoms with Gasteiger partial charge in [-0.2, -0.15) is 0 Å². The van der Waals surface area contributed by atoms with Crippen molar-refractivity contribution in [1.29, 1.82) is 0 Å². The number of aromatic nitrogens is 1. The van der Waals surface area contributed by atoms with E-state index >= 15 is 0 Å². The van der Waals surface area contributed by atoms with Crippen LogP contribution in [0.4, 0.5) is 0 Å². The summed E-state index contributed by atoms with van der Waals surface area (Å²) >= 11 is 0. The van der Waals surface area contributed by atoms with Crippen LogP contribution in [-0.2, 0) is 11.3 Å². The van der Waals surface area contributed by atoms with Crippen LogP contribution in [0.1, 0.15) is 36.3 Å². The zero-order valence-electron chi connectivity index (χ0n) is 11.1. The molecule has 1 aromatic rings. The van der Waals surface area contributed by atoms with E-state index in [9.17, 15) is 9.59 Å². The van der Waals surface area contributed by atoms with Gasteiger partial charge in [-0.3, -0.25) is 4.79 Å². The molecule has 0 aromatic carbocycles. The van der Waals surface area contributed by atoms with Crippen LogP contribution in [0.3, 0.4) is 0 Å². The normalized spacial score (nSPS) is 13.6. The average molecular weight is 265 g/mol. The molecule has 0 saturated heterocycles. The summed E-state index contributed by atoms with van der Waals surface area (Å²) in [4.78, 5) is 26.4. The van der Waals surface area contributed by atoms with Gasteiger partial charge in [0.2, 0.25) is 5.91 Å². The lowest BCUT2D eigenvalue weighted by molar-refractivity contribution is -0.130. The van der Waals surface area contributed by atoms with Crippen LogP contribution in [0, 0.1) is 5.41 Å². The molecule has 6 heteroatoms. The molecule has 0 aliphatic rings. The largest absolute Gasteiger partial charge is 0.477 e. The van der Waals surface area contributed by atoms with Crippen molar-refractivity contribution >= 4 is 11.9 Å². The molecular formula is C13H19N3O3. The van der Waals surface area contributed by atoms with E-state index in [1.807, 2.05) is 13.8 Å². The van der Waals surface area contributed by atoms with E-state index in [-0.39, 0.29) is 18.1 Å². The lowest BCUT2D eigenvalue weighted by Crippen LogP contribution is -2.43. The smallest absolute Gasteiger partial charge is 0.354 e. The molecule has 0 saturated carbocycles. The van der Waals surface area contributed by atoms with E-state index in [2.05, 4.69) is 10.3 Å². The number of hydrogen-bond donors (Lipinski definition) is 3. The predicted octanol–water partition coefficient (Wildman–Crippen LogP) is 0.771. The Morgan fingerprint density at radius 2 is 2.16 bits per heavy atom. The van der Waals surface area contributed by atoms with Gasteiger partial charge < -0.3 is 16.2 Å². The molecule has 0 bridgehead atoms. The lowest BCUT2D eigenvalue weighted by atomic mass is 9.86. The number of pyridine rings is 1. The molecule has 4 N–H and O–H groups in total. The van der Waals surface area contributed by atoms with Crippen LogP contribution < -0.4 is 11.1 Å². The van der Waals surface area contributed by atoms with Crippen LogP contribution in [-0.4, -0.2) is 28.5 Å². The fourth-order valence-electron chi connectivity index (χ4n) is 1.45. The number of nitrogens with two attached hydrogens (primary N) is 1. The lowest BCUT2D eigenvalue weighted by Gasteiger charge is -2.24. The highest BCUT2D eigenvalue weighted by Gasteiger charge is 2.29. The molecule has 0 fully saturated rings. The molecule has 0 aliphatic carbocycles. The number of nitrogens with zero attached hydrogens (tertiary/aromatic N) is 1. The molecular weight excluding hydrogens is 246 g/mol. The summed E-state index contributed by atoms with van der Waals surface area (Å²) in [6, 6.07) is 3.04. The van der Waals surface area contributed by atoms with E-state index in [0.29, 0.717) is 13.0 Å². The molecule has 19 heavy (non-hydrogen) atoms. The van der Waals surface area contributed by atoms with Crippen molar-refractivity contribution in [3.63, 3.8) is 0 Å². The highest BCUT2D eigenvalue weighted by atomic mass is 16.4. The second kappa shape index (κ2) is 6.29. The number of rotatable bonds is 6. The molecule has 1 aromatic heterocycles. The van der Waals surface area contributed by atoms with E-state index in [0.717, 1.165) is 5.56 Å². The number of carboxylic acids is 1. The van der Waals surface area contributed by atoms with Crippen LogP contribution >= 0.6 is 0 Å². The maximum Gasteiger partial charge on any atom is 0.354 e. The minimum Gasteiger partial charge on any atom is -0.477 e. The first-order valence-electron chi connectivity index (χ1n) is 6.09. The summed E-state index contributed by atoms with van der Waals surface area (Å²) in [5.41, 5.74) is 5.75. The third-order valence-corrected chi connectivity index (χ3v) is 3.28. The third kappa shape index (κ3) is 3.75. The molecule has 1 heterocycles. The Bertz CT molecular complexity index is 453. The number of aromatic carboxylic acids is 1. The van der Waals surface area contributed by atoms with Gasteiger partial charge in [0.05, 0.1) is 5.41 Å². The molecule has 1 rings (SSSR count). The van der Waals surface area contributed by atoms with Gasteiger partial charge in [-0.25, -0.2) is 9.78 Å². The monoisotopic (exact) mass is 265 g/mol. The van der Waals surface area contributed by atoms with E-state index in [1.54, 1.807) is 6.07 Å². The van der Waals surface area contributed by atoms with Gasteiger partial charge in [-0.05, 0) is 25.0 Å². The molecule has 0 aliphatic heterocycles. The fraction of sp³-hybridized carbons (Fsp3) is 0.462. The topological polar surface area (TPSA) is 105 Å². The molecule has 1 amide bonds. The van der Waals surface area contributed by atoms with Crippen LogP contribution in [0.2, 0.25) is 0 Å². The van der Waals surface area contributed by atoms with Gasteiger partial charge in [0.25, 0.3) is 0 Å². The predicted molar refractivity (Wildman–Crippen MR) is 70.5 cm³/mol. The quantitative estimate of drug-likeness (QED) is 0.704. The Kier molecular flexibility index (Phi) is 5.00. The minimum absolute atomic E-state index is 0.0181. The van der Waals surface area contributed by atoms with Gasteiger partial charge in [0.1, 0.15) is 5.69 Å². The van der Waals surface area contributed by atoms with Crippen LogP contribution in [0.15, 0.2) is 18.3 Å². The highest BCUT2D eigenvalue weighted by molar-refractivity contribution is 5.85. The number of nitrogens with one attached hydrogen (secondary N) is 1. The number of amides is 1. The summed E-state index contributed by atoms with van der Waals surface area (Å²) in [7, 11) is 0. The summed E-state index contributed by atoms with van der Waals surface area (Å²) in [5, 5.41) is 11.5. The standard InChI is InChI=1S/C13H19N3O3/c1-3-13(2,8-14)12(19)16-7-9-4-5-10(11(17)18)15-6-9/h4-6H,3,7-8,14H2,1-2H3,(H,16,19)(H,17,18). The number of carbonyl (C=O) groups excluding carboxylic acids is 1. The molecule has 0 spiro atoms. The van der Waals surface area contributed by atoms with Gasteiger partial charge in [0, 0.05) is 19.3 Å². The van der Waals surface area contributed by atoms with Crippen molar-refractivity contribution in [3.8, 4) is 0 Å². The van der Waals surface area contributed by atoms with E-state index in [1.165, 1.54) is 12.3 Å². The van der Waals surface area contributed by atoms with E-state index in [4.69, 9.17) is 10.8 Å². The van der Waals surface area contributed by atoms with Crippen molar-refractivity contribution < 1.29 is 14.7 Å². The summed E-state index contributed by atoms with van der Waals surface area (Å²) < 4.78 is 0. The van der Waals surface area contributed by atoms with Gasteiger partial charge in [-0.15, -0.1) is 0 Å². The summed E-state index contributed by atoms with van der Waals surface area (Å²) in [6.07, 6.45) is 2.10. The van der Waals surface area contributed by atoms with Crippen LogP contribution in [0.25, 0.3) is 0 Å². The zero-order chi connectivity index (χ0) is 14.5. The fourth-order valence-corrected chi connectivity index (χ4v) is 1.45. The molecule has 104 valence electrons. The third-order valence-electron chi connectivity index (χ3n) is 3.28. The Morgan fingerprint density at radius 3 is 2.58 bits per heavy atom. The molecule has 0 radical (unpaired) electrons. The van der Waals surface area contributed by atoms with Crippen molar-refractivity contribution in [1.82, 2.24) is 10.3 Å². The zero-order valence-corrected chi connectivity index (χ0v) is 11.1. The highest BCUT2D eigenvalue weighted by Crippen LogP contribution is 2.19. The summed E-state index contributed by atoms with van der Waals surface area (Å²) in [5.74, 6) is -1.18. The molecule has 1 unspecified atom stereocenters. The van der Waals surface area contributed by atoms with Crippen molar-refractivity contribution in [2.45, 2.75) is 26.8 Å². The summed E-state index contributed by atoms with van der Waals surface area (Å²) in [6.45, 7) is 4.32. The Morgan fingerprint density at radius 1 is 1.47 bits per heavy atom. The number of carboxylic acid groups (broad SMARTS) is 1. The molecule has 6 nitrogen and oxygen atoms in total. The number of carbonyl (C=O) groups is 2. The van der Waals surface area contributed by atoms with Gasteiger partial charge >= 0.3 is 5.97 Å². The van der Waals surface area contributed by atoms with Gasteiger partial charge in [0.15, 0.2) is 0 Å². The van der Waals surface area contributed by atoms with E-state index < -0.39 is 11.4 Å². The first-order valence-corrected chi connectivity index (χ1v) is 6.09. The van der Waals surface area contributed by atoms with Crippen molar-refractivity contribution in [2.75, 3.05) is 6.54 Å². The first-order chi connectivity index (χ1) is 8.92. The van der Waals surface area contributed by atoms with Crippen molar-refractivity contribution in [3.05, 3.63) is 29.6 Å². The Hall–Kier alpha value is -1.95. The average Bonchev–Trinajstić information content (AvgIpc) is 2.44. The maximum absolute atomic E-state index is 12.0. The first kappa shape index (κ1) is 15.1. The SMILES string of the molecule is CCC(C)(CN)C(=O)NCc1ccc(C(=O)O)nc1. The van der Waals surface area contributed by atoms with Gasteiger partial charge in [-0.1, -0.05) is 13.0 Å². The Balaban J connectivity index is 2.62. The Labute approximate surface area is 112 Å². The van der Waals surface area contributed by atoms with Crippen LogP contribution in [0.5, 0.6) is 0 Å². The second-order valence-corrected chi connectivity index (χ2v) is 4.66. The minimum atomic E-state index is -1.07. The second-order valence-electron chi connectivity index (χ2n) is 4.66. The number of hydrogen-bond acceptors (Lipinski definition) is 4. The molecule has 1 atom stereocenters. The maximum atomic E-state index is 12.0. The van der Waals surface area contributed by atoms with Crippen molar-refractivity contribution in [2.24, 2.45) is 11.1 Å².